The van der Waals surface area contributed by atoms with Crippen LogP contribution in [0.15, 0.2) is 87.0 Å². The number of rotatable bonds is 7. The molecule has 3 heterocycles. The van der Waals surface area contributed by atoms with Crippen molar-refractivity contribution in [1.29, 1.82) is 0 Å². The lowest BCUT2D eigenvalue weighted by Gasteiger charge is -2.12. The van der Waals surface area contributed by atoms with E-state index in [1.54, 1.807) is 40.4 Å². The van der Waals surface area contributed by atoms with Crippen LogP contribution in [-0.2, 0) is 16.6 Å². The molecule has 7 nitrogen and oxygen atoms in total. The van der Waals surface area contributed by atoms with Crippen molar-refractivity contribution in [2.45, 2.75) is 10.8 Å². The Kier molecular flexibility index (Phi) is 6.30. The van der Waals surface area contributed by atoms with Crippen LogP contribution in [0.25, 0.3) is 16.9 Å². The molecular weight excluding hydrogens is 558 g/mol. The Bertz CT molecular complexity index is 1570. The van der Waals surface area contributed by atoms with Crippen molar-refractivity contribution in [3.63, 3.8) is 0 Å². The maximum Gasteiger partial charge on any atom is 0.271 e. The third-order valence-electron chi connectivity index (χ3n) is 5.02. The number of nitrogens with zero attached hydrogens (tertiary/aromatic N) is 3. The lowest BCUT2D eigenvalue weighted by Crippen LogP contribution is -2.11. The summed E-state index contributed by atoms with van der Waals surface area (Å²) in [6.45, 7) is 0.497. The van der Waals surface area contributed by atoms with Crippen LogP contribution in [0.4, 0.5) is 11.5 Å². The zero-order valence-electron chi connectivity index (χ0n) is 17.4. The average molecular weight is 575 g/mol. The number of thiophene rings is 1. The molecule has 5 aromatic rings. The Morgan fingerprint density at radius 2 is 1.85 bits per heavy atom. The number of nitrogens with one attached hydrogen (secondary N) is 2. The van der Waals surface area contributed by atoms with Gasteiger partial charge in [0, 0.05) is 28.9 Å². The molecule has 0 atom stereocenters. The number of aromatic nitrogens is 3. The molecule has 11 heteroatoms. The van der Waals surface area contributed by atoms with Gasteiger partial charge in [-0.25, -0.2) is 13.4 Å². The van der Waals surface area contributed by atoms with Crippen LogP contribution < -0.4 is 10.0 Å². The predicted molar refractivity (Wildman–Crippen MR) is 140 cm³/mol. The molecule has 0 aliphatic heterocycles. The van der Waals surface area contributed by atoms with Crippen LogP contribution >= 0.6 is 38.9 Å². The van der Waals surface area contributed by atoms with Gasteiger partial charge in [0.15, 0.2) is 5.65 Å². The molecule has 2 N–H and O–H groups in total. The number of hydrogen-bond acceptors (Lipinski definition) is 6. The Balaban J connectivity index is 1.37. The molecule has 0 spiro atoms. The number of halogens is 2. The molecular formula is C23H17BrClN5O2S2. The van der Waals surface area contributed by atoms with Gasteiger partial charge < -0.3 is 5.32 Å². The van der Waals surface area contributed by atoms with Gasteiger partial charge in [-0.05, 0) is 51.1 Å². The van der Waals surface area contributed by atoms with Gasteiger partial charge in [-0.1, -0.05) is 48.0 Å². The summed E-state index contributed by atoms with van der Waals surface area (Å²) in [5.74, 6) is 0.744. The summed E-state index contributed by atoms with van der Waals surface area (Å²) in [4.78, 5) is 4.71. The van der Waals surface area contributed by atoms with Crippen molar-refractivity contribution in [2.24, 2.45) is 0 Å². The number of sulfonamides is 1. The van der Waals surface area contributed by atoms with Gasteiger partial charge in [0.05, 0.1) is 16.4 Å². The summed E-state index contributed by atoms with van der Waals surface area (Å²) >= 11 is 11.1. The van der Waals surface area contributed by atoms with E-state index in [0.717, 1.165) is 27.1 Å². The van der Waals surface area contributed by atoms with E-state index >= 15 is 0 Å². The summed E-state index contributed by atoms with van der Waals surface area (Å²) in [7, 11) is -3.58. The smallest absolute Gasteiger partial charge is 0.271 e. The van der Waals surface area contributed by atoms with E-state index in [9.17, 15) is 8.42 Å². The van der Waals surface area contributed by atoms with Crippen LogP contribution in [0, 0.1) is 0 Å². The summed E-state index contributed by atoms with van der Waals surface area (Å²) in [5.41, 5.74) is 3.68. The molecule has 0 aliphatic carbocycles. The van der Waals surface area contributed by atoms with Gasteiger partial charge >= 0.3 is 0 Å². The maximum absolute atomic E-state index is 12.4. The number of fused-ring (bicyclic) bond motifs is 1. The largest absolute Gasteiger partial charge is 0.366 e. The van der Waals surface area contributed by atoms with Crippen LogP contribution in [0.2, 0.25) is 5.02 Å². The van der Waals surface area contributed by atoms with Gasteiger partial charge in [0.1, 0.15) is 10.0 Å². The van der Waals surface area contributed by atoms with Crippen molar-refractivity contribution in [1.82, 2.24) is 14.6 Å². The van der Waals surface area contributed by atoms with E-state index in [2.05, 4.69) is 31.1 Å². The normalized spacial score (nSPS) is 11.6. The average Bonchev–Trinajstić information content (AvgIpc) is 3.50. The minimum Gasteiger partial charge on any atom is -0.366 e. The van der Waals surface area contributed by atoms with E-state index in [1.165, 1.54) is 11.3 Å². The van der Waals surface area contributed by atoms with Crippen molar-refractivity contribution in [3.05, 3.63) is 93.4 Å². The fourth-order valence-electron chi connectivity index (χ4n) is 3.37. The lowest BCUT2D eigenvalue weighted by molar-refractivity contribution is 0.603. The quantitative estimate of drug-likeness (QED) is 0.239. The van der Waals surface area contributed by atoms with Gasteiger partial charge in [-0.15, -0.1) is 11.3 Å². The minimum absolute atomic E-state index is 0.277. The molecule has 2 aromatic carbocycles. The van der Waals surface area contributed by atoms with Crippen molar-refractivity contribution in [2.75, 3.05) is 10.0 Å². The first-order valence-electron chi connectivity index (χ1n) is 10.1. The Labute approximate surface area is 213 Å². The predicted octanol–water partition coefficient (Wildman–Crippen LogP) is 6.29. The molecule has 0 fully saturated rings. The lowest BCUT2D eigenvalue weighted by atomic mass is 10.1. The SMILES string of the molecule is O=S(=O)(Nc1ccc(CNc2cc(-c3ccccc3Cl)nc3c(Br)cnn23)cc1)c1cccs1. The maximum atomic E-state index is 12.4. The Morgan fingerprint density at radius 3 is 2.59 bits per heavy atom. The van der Waals surface area contributed by atoms with Gasteiger partial charge in [-0.3, -0.25) is 4.72 Å². The van der Waals surface area contributed by atoms with Crippen molar-refractivity contribution in [3.8, 4) is 11.3 Å². The Hall–Kier alpha value is -2.92. The molecule has 0 aliphatic rings. The topological polar surface area (TPSA) is 88.4 Å². The standard InChI is InChI=1S/C23H17BrClN5O2S2/c24-18-14-27-30-21(12-20(28-23(18)30)17-4-1-2-5-19(17)25)26-13-15-7-9-16(10-8-15)29-34(31,32)22-6-3-11-33-22/h1-12,14,26,29H,13H2. The summed E-state index contributed by atoms with van der Waals surface area (Å²) < 4.78 is 30.2. The van der Waals surface area contributed by atoms with E-state index in [1.807, 2.05) is 42.5 Å². The third kappa shape index (κ3) is 4.67. The monoisotopic (exact) mass is 573 g/mol. The first-order chi connectivity index (χ1) is 16.4. The van der Waals surface area contributed by atoms with Gasteiger partial charge in [0.2, 0.25) is 0 Å². The van der Waals surface area contributed by atoms with E-state index in [-0.39, 0.29) is 4.21 Å². The van der Waals surface area contributed by atoms with E-state index in [0.29, 0.717) is 22.9 Å². The zero-order chi connectivity index (χ0) is 23.7. The highest BCUT2D eigenvalue weighted by molar-refractivity contribution is 9.10. The van der Waals surface area contributed by atoms with E-state index < -0.39 is 10.0 Å². The first kappa shape index (κ1) is 22.9. The van der Waals surface area contributed by atoms with Crippen molar-refractivity contribution < 1.29 is 8.42 Å². The van der Waals surface area contributed by atoms with Gasteiger partial charge in [0.25, 0.3) is 10.0 Å². The summed E-state index contributed by atoms with van der Waals surface area (Å²) in [5, 5.41) is 10.1. The minimum atomic E-state index is -3.58. The first-order valence-corrected chi connectivity index (χ1v) is 13.6. The highest BCUT2D eigenvalue weighted by Gasteiger charge is 2.15. The second-order valence-electron chi connectivity index (χ2n) is 7.32. The summed E-state index contributed by atoms with van der Waals surface area (Å²) in [6, 6.07) is 19.9. The molecule has 0 radical (unpaired) electrons. The fraction of sp³-hybridized carbons (Fsp3) is 0.0435. The van der Waals surface area contributed by atoms with Crippen LogP contribution in [0.3, 0.4) is 0 Å². The van der Waals surface area contributed by atoms with Crippen LogP contribution in [-0.4, -0.2) is 23.0 Å². The fourth-order valence-corrected chi connectivity index (χ4v) is 6.01. The number of benzene rings is 2. The second-order valence-corrected chi connectivity index (χ2v) is 11.4. The number of anilines is 2. The molecule has 0 saturated heterocycles. The highest BCUT2D eigenvalue weighted by Crippen LogP contribution is 2.30. The molecule has 0 unspecified atom stereocenters. The van der Waals surface area contributed by atoms with Crippen molar-refractivity contribution >= 4 is 66.0 Å². The number of hydrogen-bond donors (Lipinski definition) is 2. The summed E-state index contributed by atoms with van der Waals surface area (Å²) in [6.07, 6.45) is 1.69. The van der Waals surface area contributed by atoms with Crippen LogP contribution in [0.5, 0.6) is 0 Å². The molecule has 0 amide bonds. The molecule has 3 aromatic heterocycles. The molecule has 34 heavy (non-hydrogen) atoms. The molecule has 0 bridgehead atoms. The van der Waals surface area contributed by atoms with Crippen LogP contribution in [0.1, 0.15) is 5.56 Å². The second kappa shape index (κ2) is 9.38. The van der Waals surface area contributed by atoms with Gasteiger partial charge in [-0.2, -0.15) is 9.61 Å². The van der Waals surface area contributed by atoms with E-state index in [4.69, 9.17) is 16.6 Å². The Morgan fingerprint density at radius 1 is 1.06 bits per heavy atom. The zero-order valence-corrected chi connectivity index (χ0v) is 21.4. The molecule has 0 saturated carbocycles. The third-order valence-corrected chi connectivity index (χ3v) is 8.69. The molecule has 5 rings (SSSR count). The highest BCUT2D eigenvalue weighted by atomic mass is 79.9. The molecule has 172 valence electrons.